The third-order valence-electron chi connectivity index (χ3n) is 17.7. The predicted octanol–water partition coefficient (Wildman–Crippen LogP) is 10.8. The zero-order chi connectivity index (χ0) is 39.4. The summed E-state index contributed by atoms with van der Waals surface area (Å²) >= 11 is 2.06. The highest BCUT2D eigenvalue weighted by Crippen LogP contribution is 2.77. The Kier molecular flexibility index (Phi) is 14.9. The summed E-state index contributed by atoms with van der Waals surface area (Å²) in [5.74, 6) is 4.39. The van der Waals surface area contributed by atoms with Crippen LogP contribution in [0, 0.1) is 56.7 Å². The van der Waals surface area contributed by atoms with E-state index >= 15 is 0 Å². The van der Waals surface area contributed by atoms with Crippen LogP contribution in [0.5, 0.6) is 0 Å². The standard InChI is InChI=1S/C47H82N2O4S/c1-9-49(10-2)31-32-54-33-34(3)35-22-27-47(42(53)48-30-18-16-14-12-11-13-15-17-19-40(51)52)29-28-45(7)36(41(35)47)20-21-38-44(6)25-24-39(50)43(4,5)37(44)23-26-46(38,45)8/h35-39,41,50H,3,9-33H2,1-2,4-8H3,(H,48,53)(H,51,52)/t35-,36+,37-,38+,39-,41+,44-,45+,46+,47-/m0/s1. The van der Waals surface area contributed by atoms with Gasteiger partial charge < -0.3 is 20.4 Å². The molecule has 0 bridgehead atoms. The third-order valence-corrected chi connectivity index (χ3v) is 18.8. The normalized spacial score (nSPS) is 38.2. The number of amides is 1. The number of carbonyl (C=O) groups is 2. The van der Waals surface area contributed by atoms with Crippen molar-refractivity contribution in [2.45, 2.75) is 177 Å². The molecule has 310 valence electrons. The number of aliphatic hydroxyl groups is 1. The number of nitrogens with one attached hydrogen (secondary N) is 1. The van der Waals surface area contributed by atoms with E-state index in [1.54, 1.807) is 0 Å². The van der Waals surface area contributed by atoms with Gasteiger partial charge in [0.2, 0.25) is 5.91 Å². The molecule has 7 heteroatoms. The number of carboxylic acid groups (broad SMARTS) is 1. The minimum absolute atomic E-state index is 0.0353. The van der Waals surface area contributed by atoms with Gasteiger partial charge in [0.15, 0.2) is 0 Å². The number of unbranched alkanes of at least 4 members (excludes halogenated alkanes) is 7. The topological polar surface area (TPSA) is 89.9 Å². The third kappa shape index (κ3) is 8.41. The fraction of sp³-hybridized carbons (Fsp3) is 0.915. The van der Waals surface area contributed by atoms with Crippen molar-refractivity contribution in [1.82, 2.24) is 10.2 Å². The molecule has 0 aromatic heterocycles. The van der Waals surface area contributed by atoms with Gasteiger partial charge in [-0.15, -0.1) is 0 Å². The van der Waals surface area contributed by atoms with Crippen molar-refractivity contribution < 1.29 is 19.8 Å². The van der Waals surface area contributed by atoms with Gasteiger partial charge in [0.25, 0.3) is 0 Å². The van der Waals surface area contributed by atoms with Crippen LogP contribution in [0.4, 0.5) is 0 Å². The summed E-state index contributed by atoms with van der Waals surface area (Å²) in [5.41, 5.74) is 1.79. The Labute approximate surface area is 335 Å². The van der Waals surface area contributed by atoms with Crippen molar-refractivity contribution in [3.8, 4) is 0 Å². The second-order valence-electron chi connectivity index (χ2n) is 20.3. The van der Waals surface area contributed by atoms with E-state index in [1.165, 1.54) is 50.5 Å². The van der Waals surface area contributed by atoms with Gasteiger partial charge in [-0.1, -0.05) is 99.1 Å². The van der Waals surface area contributed by atoms with Crippen LogP contribution in [-0.4, -0.2) is 70.8 Å². The zero-order valence-corrected chi connectivity index (χ0v) is 36.7. The Hall–Kier alpha value is -1.05. The molecule has 0 saturated heterocycles. The van der Waals surface area contributed by atoms with E-state index in [0.29, 0.717) is 35.5 Å². The monoisotopic (exact) mass is 771 g/mol. The number of aliphatic hydroxyl groups excluding tert-OH is 1. The van der Waals surface area contributed by atoms with Gasteiger partial charge in [0, 0.05) is 31.0 Å². The van der Waals surface area contributed by atoms with Crippen molar-refractivity contribution in [2.75, 3.05) is 37.7 Å². The van der Waals surface area contributed by atoms with Crippen LogP contribution >= 0.6 is 11.8 Å². The van der Waals surface area contributed by atoms with Crippen LogP contribution in [0.2, 0.25) is 0 Å². The van der Waals surface area contributed by atoms with Gasteiger partial charge in [-0.25, -0.2) is 0 Å². The van der Waals surface area contributed by atoms with Crippen LogP contribution in [0.1, 0.15) is 170 Å². The Bertz CT molecular complexity index is 1280. The Morgan fingerprint density at radius 3 is 2.11 bits per heavy atom. The molecule has 6 nitrogen and oxygen atoms in total. The maximum Gasteiger partial charge on any atom is 0.303 e. The van der Waals surface area contributed by atoms with E-state index in [1.807, 2.05) is 0 Å². The number of aliphatic carboxylic acids is 1. The molecule has 5 aliphatic rings. The van der Waals surface area contributed by atoms with Gasteiger partial charge in [-0.3, -0.25) is 9.59 Å². The molecule has 0 radical (unpaired) electrons. The van der Waals surface area contributed by atoms with E-state index < -0.39 is 5.97 Å². The maximum atomic E-state index is 14.7. The molecule has 10 atom stereocenters. The van der Waals surface area contributed by atoms with E-state index in [9.17, 15) is 14.7 Å². The van der Waals surface area contributed by atoms with Crippen molar-refractivity contribution in [3.05, 3.63) is 12.2 Å². The van der Waals surface area contributed by atoms with E-state index in [4.69, 9.17) is 11.7 Å². The summed E-state index contributed by atoms with van der Waals surface area (Å²) in [7, 11) is 0. The molecule has 0 aromatic rings. The van der Waals surface area contributed by atoms with Crippen molar-refractivity contribution >= 4 is 23.6 Å². The molecule has 54 heavy (non-hydrogen) atoms. The van der Waals surface area contributed by atoms with Gasteiger partial charge in [0.05, 0.1) is 11.5 Å². The Morgan fingerprint density at radius 1 is 0.778 bits per heavy atom. The van der Waals surface area contributed by atoms with Crippen molar-refractivity contribution in [2.24, 2.45) is 56.7 Å². The van der Waals surface area contributed by atoms with Crippen LogP contribution in [0.25, 0.3) is 0 Å². The van der Waals surface area contributed by atoms with Crippen molar-refractivity contribution in [3.63, 3.8) is 0 Å². The van der Waals surface area contributed by atoms with Crippen LogP contribution < -0.4 is 5.32 Å². The first-order valence-electron chi connectivity index (χ1n) is 22.8. The summed E-state index contributed by atoms with van der Waals surface area (Å²) in [6.45, 7) is 26.2. The lowest BCUT2D eigenvalue weighted by atomic mass is 9.32. The molecule has 5 aliphatic carbocycles. The molecule has 0 unspecified atom stereocenters. The molecule has 0 aliphatic heterocycles. The average Bonchev–Trinajstić information content (AvgIpc) is 3.53. The molecule has 3 N–H and O–H groups in total. The minimum Gasteiger partial charge on any atom is -0.481 e. The number of thioether (sulfide) groups is 1. The number of carbonyl (C=O) groups excluding carboxylic acids is 1. The first-order valence-corrected chi connectivity index (χ1v) is 23.9. The summed E-state index contributed by atoms with van der Waals surface area (Å²) < 4.78 is 0. The van der Waals surface area contributed by atoms with Gasteiger partial charge in [-0.2, -0.15) is 11.8 Å². The first-order chi connectivity index (χ1) is 25.6. The summed E-state index contributed by atoms with van der Waals surface area (Å²) in [6, 6.07) is 0. The quantitative estimate of drug-likeness (QED) is 0.0844. The second kappa shape index (κ2) is 18.3. The van der Waals surface area contributed by atoms with Crippen LogP contribution in [0.3, 0.4) is 0 Å². The summed E-state index contributed by atoms with van der Waals surface area (Å²) in [6.07, 6.45) is 20.1. The molecular weight excluding hydrogens is 689 g/mol. The SMILES string of the molecule is C=C(CSCCN(CC)CC)[C@@H]1CC[C@]2(C(=O)NCCCCCCCCCCC(=O)O)CC[C@]3(C)[C@H](CC[C@@H]4[C@@]5(C)CC[C@H](O)C(C)(C)[C@@H]5CC[C@]43C)[C@@H]12. The fourth-order valence-corrected chi connectivity index (χ4v) is 15.3. The van der Waals surface area contributed by atoms with E-state index in [0.717, 1.165) is 108 Å². The molecule has 0 spiro atoms. The summed E-state index contributed by atoms with van der Waals surface area (Å²) in [5, 5.41) is 23.6. The predicted molar refractivity (Wildman–Crippen MR) is 227 cm³/mol. The second-order valence-corrected chi connectivity index (χ2v) is 21.4. The molecular formula is C47H82N2O4S. The number of fused-ring (bicyclic) bond motifs is 7. The molecule has 5 fully saturated rings. The largest absolute Gasteiger partial charge is 0.481 e. The minimum atomic E-state index is -0.687. The smallest absolute Gasteiger partial charge is 0.303 e. The van der Waals surface area contributed by atoms with Crippen LogP contribution in [0.15, 0.2) is 12.2 Å². The van der Waals surface area contributed by atoms with E-state index in [-0.39, 0.29) is 39.6 Å². The molecule has 1 amide bonds. The highest BCUT2D eigenvalue weighted by atomic mass is 32.2. The number of rotatable bonds is 20. The van der Waals surface area contributed by atoms with Gasteiger partial charge in [-0.05, 0) is 141 Å². The van der Waals surface area contributed by atoms with Gasteiger partial charge >= 0.3 is 5.97 Å². The lowest BCUT2D eigenvalue weighted by Crippen LogP contribution is -2.67. The van der Waals surface area contributed by atoms with Crippen LogP contribution in [-0.2, 0) is 9.59 Å². The molecule has 5 rings (SSSR count). The maximum absolute atomic E-state index is 14.7. The average molecular weight is 771 g/mol. The Balaban J connectivity index is 1.29. The number of hydrogen-bond acceptors (Lipinski definition) is 5. The number of carboxylic acids is 1. The Morgan fingerprint density at radius 2 is 1.44 bits per heavy atom. The lowest BCUT2D eigenvalue weighted by Gasteiger charge is -2.72. The van der Waals surface area contributed by atoms with Crippen molar-refractivity contribution in [1.29, 1.82) is 0 Å². The lowest BCUT2D eigenvalue weighted by molar-refractivity contribution is -0.246. The van der Waals surface area contributed by atoms with Gasteiger partial charge in [0.1, 0.15) is 0 Å². The first kappa shape index (κ1) is 44.1. The molecule has 5 saturated carbocycles. The molecule has 0 heterocycles. The number of hydrogen-bond donors (Lipinski definition) is 3. The highest BCUT2D eigenvalue weighted by Gasteiger charge is 2.72. The zero-order valence-electron chi connectivity index (χ0n) is 35.9. The molecule has 0 aromatic carbocycles. The fourth-order valence-electron chi connectivity index (χ4n) is 14.3. The summed E-state index contributed by atoms with van der Waals surface area (Å²) in [4.78, 5) is 28.0. The number of nitrogens with zero attached hydrogens (tertiary/aromatic N) is 1. The van der Waals surface area contributed by atoms with E-state index in [2.05, 4.69) is 70.4 Å². The highest BCUT2D eigenvalue weighted by molar-refractivity contribution is 7.99.